The molecule has 0 bridgehead atoms. The average Bonchev–Trinajstić information content (AvgIpc) is 3.12. The van der Waals surface area contributed by atoms with Gasteiger partial charge < -0.3 is 9.47 Å². The summed E-state index contributed by atoms with van der Waals surface area (Å²) in [7, 11) is 0. The third kappa shape index (κ3) is 2.38. The van der Waals surface area contributed by atoms with Gasteiger partial charge in [-0.25, -0.2) is 4.79 Å². The van der Waals surface area contributed by atoms with Crippen molar-refractivity contribution in [3.05, 3.63) is 11.6 Å². The van der Waals surface area contributed by atoms with Crippen LogP contribution in [0.4, 0.5) is 0 Å². The van der Waals surface area contributed by atoms with Gasteiger partial charge in [-0.15, -0.1) is 0 Å². The van der Waals surface area contributed by atoms with E-state index in [-0.39, 0.29) is 11.6 Å². The lowest BCUT2D eigenvalue weighted by Gasteiger charge is -2.59. The molecular formula is C20H30O3. The molecule has 2 aliphatic heterocycles. The van der Waals surface area contributed by atoms with Crippen LogP contribution >= 0.6 is 0 Å². The molecule has 1 spiro atoms. The highest BCUT2D eigenvalue weighted by Crippen LogP contribution is 2.66. The van der Waals surface area contributed by atoms with Gasteiger partial charge >= 0.3 is 5.97 Å². The number of carbonyl (C=O) groups is 1. The van der Waals surface area contributed by atoms with E-state index < -0.39 is 0 Å². The number of carbonyl (C=O) groups excluding carboxylic acids is 1. The van der Waals surface area contributed by atoms with E-state index in [4.69, 9.17) is 9.47 Å². The van der Waals surface area contributed by atoms with E-state index in [9.17, 15) is 4.79 Å². The monoisotopic (exact) mass is 318 g/mol. The summed E-state index contributed by atoms with van der Waals surface area (Å²) in [6, 6.07) is 0. The molecule has 0 radical (unpaired) electrons. The van der Waals surface area contributed by atoms with Crippen molar-refractivity contribution in [3.63, 3.8) is 0 Å². The van der Waals surface area contributed by atoms with Crippen molar-refractivity contribution in [1.29, 1.82) is 0 Å². The van der Waals surface area contributed by atoms with E-state index in [1.807, 2.05) is 0 Å². The second-order valence-electron chi connectivity index (χ2n) is 9.20. The Morgan fingerprint density at radius 2 is 2.00 bits per heavy atom. The number of hydrogen-bond donors (Lipinski definition) is 0. The molecule has 0 aromatic carbocycles. The summed E-state index contributed by atoms with van der Waals surface area (Å²) in [5.41, 5.74) is 1.77. The number of esters is 1. The molecule has 4 fully saturated rings. The van der Waals surface area contributed by atoms with Gasteiger partial charge in [0.1, 0.15) is 0 Å². The highest BCUT2D eigenvalue weighted by atomic mass is 16.6. The van der Waals surface area contributed by atoms with Crippen molar-refractivity contribution < 1.29 is 14.3 Å². The van der Waals surface area contributed by atoms with Crippen LogP contribution in [0.25, 0.3) is 0 Å². The van der Waals surface area contributed by atoms with Gasteiger partial charge in [0, 0.05) is 12.0 Å². The Morgan fingerprint density at radius 1 is 1.22 bits per heavy atom. The van der Waals surface area contributed by atoms with Crippen LogP contribution in [0.5, 0.6) is 0 Å². The fourth-order valence-corrected chi connectivity index (χ4v) is 6.28. The third-order valence-corrected chi connectivity index (χ3v) is 7.55. The SMILES string of the molecule is CC1(C)CCC[C@@]2(C)[C@H]1CCC1(CO1)[C@@H]2C/C=C1\CCOC1=O. The van der Waals surface area contributed by atoms with Crippen LogP contribution in [0.2, 0.25) is 0 Å². The maximum atomic E-state index is 11.8. The molecule has 2 saturated heterocycles. The number of rotatable bonds is 2. The summed E-state index contributed by atoms with van der Waals surface area (Å²) >= 11 is 0. The topological polar surface area (TPSA) is 38.8 Å². The van der Waals surface area contributed by atoms with Gasteiger partial charge in [-0.3, -0.25) is 0 Å². The number of ether oxygens (including phenoxy) is 2. The van der Waals surface area contributed by atoms with Gasteiger partial charge in [0.2, 0.25) is 0 Å². The van der Waals surface area contributed by atoms with Crippen LogP contribution in [-0.4, -0.2) is 24.8 Å². The summed E-state index contributed by atoms with van der Waals surface area (Å²) < 4.78 is 11.1. The predicted molar refractivity (Wildman–Crippen MR) is 88.9 cm³/mol. The summed E-state index contributed by atoms with van der Waals surface area (Å²) in [5, 5.41) is 0. The first kappa shape index (κ1) is 15.7. The molecule has 128 valence electrons. The Labute approximate surface area is 139 Å². The fourth-order valence-electron chi connectivity index (χ4n) is 6.28. The predicted octanol–water partition coefficient (Wildman–Crippen LogP) is 4.26. The second-order valence-corrected chi connectivity index (χ2v) is 9.20. The second kappa shape index (κ2) is 5.08. The standard InChI is InChI=1S/C20H30O3/c1-18(2)9-4-10-19(3)15(18)7-11-20(13-23-20)16(19)6-5-14-8-12-22-17(14)21/h5,15-16H,4,6-13H2,1-3H3/b14-5+/t15-,16+,19-,20?/m0/s1. The Balaban J connectivity index is 1.63. The van der Waals surface area contributed by atoms with Crippen LogP contribution in [0, 0.1) is 22.7 Å². The van der Waals surface area contributed by atoms with Crippen molar-refractivity contribution in [2.24, 2.45) is 22.7 Å². The highest BCUT2D eigenvalue weighted by Gasteiger charge is 2.64. The van der Waals surface area contributed by atoms with E-state index in [1.165, 1.54) is 32.1 Å². The normalized spacial score (nSPS) is 46.7. The quantitative estimate of drug-likeness (QED) is 0.434. The van der Waals surface area contributed by atoms with Crippen molar-refractivity contribution >= 4 is 5.97 Å². The Bertz CT molecular complexity index is 543. The molecule has 23 heavy (non-hydrogen) atoms. The van der Waals surface area contributed by atoms with Crippen LogP contribution < -0.4 is 0 Å². The lowest BCUT2D eigenvalue weighted by Crippen LogP contribution is -2.54. The van der Waals surface area contributed by atoms with Crippen LogP contribution in [0.15, 0.2) is 11.6 Å². The molecule has 2 heterocycles. The minimum Gasteiger partial charge on any atom is -0.462 e. The summed E-state index contributed by atoms with van der Waals surface area (Å²) in [6.07, 6.45) is 10.4. The van der Waals surface area contributed by atoms with Crippen molar-refractivity contribution in [3.8, 4) is 0 Å². The van der Waals surface area contributed by atoms with Gasteiger partial charge in [0.05, 0.1) is 18.8 Å². The lowest BCUT2D eigenvalue weighted by atomic mass is 9.46. The zero-order valence-electron chi connectivity index (χ0n) is 14.8. The number of cyclic esters (lactones) is 1. The third-order valence-electron chi connectivity index (χ3n) is 7.55. The van der Waals surface area contributed by atoms with Gasteiger partial charge in [0.25, 0.3) is 0 Å². The molecule has 0 aromatic heterocycles. The van der Waals surface area contributed by atoms with Crippen molar-refractivity contribution in [2.75, 3.05) is 13.2 Å². The van der Waals surface area contributed by atoms with Crippen LogP contribution in [-0.2, 0) is 14.3 Å². The summed E-state index contributed by atoms with van der Waals surface area (Å²) in [6.45, 7) is 8.92. The molecule has 4 atom stereocenters. The van der Waals surface area contributed by atoms with Gasteiger partial charge in [0.15, 0.2) is 0 Å². The van der Waals surface area contributed by atoms with Gasteiger partial charge in [-0.05, 0) is 54.8 Å². The number of hydrogen-bond acceptors (Lipinski definition) is 3. The Morgan fingerprint density at radius 3 is 2.65 bits per heavy atom. The molecule has 3 nitrogen and oxygen atoms in total. The molecule has 3 heteroatoms. The molecule has 2 saturated carbocycles. The van der Waals surface area contributed by atoms with Crippen LogP contribution in [0.1, 0.15) is 65.7 Å². The number of allylic oxidation sites excluding steroid dienone is 1. The van der Waals surface area contributed by atoms with Gasteiger partial charge in [-0.2, -0.15) is 0 Å². The fraction of sp³-hybridized carbons (Fsp3) is 0.850. The minimum atomic E-state index is -0.0998. The molecular weight excluding hydrogens is 288 g/mol. The van der Waals surface area contributed by atoms with Crippen LogP contribution in [0.3, 0.4) is 0 Å². The number of epoxide rings is 1. The molecule has 0 aromatic rings. The van der Waals surface area contributed by atoms with Crippen molar-refractivity contribution in [1.82, 2.24) is 0 Å². The molecule has 0 N–H and O–H groups in total. The Hall–Kier alpha value is -0.830. The first-order chi connectivity index (χ1) is 10.9. The zero-order valence-corrected chi connectivity index (χ0v) is 14.8. The first-order valence-electron chi connectivity index (χ1n) is 9.38. The smallest absolute Gasteiger partial charge is 0.333 e. The van der Waals surface area contributed by atoms with E-state index in [2.05, 4.69) is 26.8 Å². The Kier molecular flexibility index (Phi) is 3.46. The summed E-state index contributed by atoms with van der Waals surface area (Å²) in [4.78, 5) is 11.8. The molecule has 4 aliphatic rings. The molecule has 0 amide bonds. The summed E-state index contributed by atoms with van der Waals surface area (Å²) in [5.74, 6) is 1.23. The molecule has 1 unspecified atom stereocenters. The first-order valence-corrected chi connectivity index (χ1v) is 9.38. The lowest BCUT2D eigenvalue weighted by molar-refractivity contribution is -0.135. The maximum absolute atomic E-state index is 11.8. The van der Waals surface area contributed by atoms with E-state index in [0.29, 0.717) is 23.4 Å². The number of fused-ring (bicyclic) bond motifs is 1. The van der Waals surface area contributed by atoms with Crippen molar-refractivity contribution in [2.45, 2.75) is 71.3 Å². The largest absolute Gasteiger partial charge is 0.462 e. The minimum absolute atomic E-state index is 0.0998. The van der Waals surface area contributed by atoms with E-state index in [1.54, 1.807) is 0 Å². The van der Waals surface area contributed by atoms with Gasteiger partial charge in [-0.1, -0.05) is 33.3 Å². The average molecular weight is 318 g/mol. The maximum Gasteiger partial charge on any atom is 0.333 e. The zero-order chi connectivity index (χ0) is 16.3. The molecule has 4 rings (SSSR count). The highest BCUT2D eigenvalue weighted by molar-refractivity contribution is 5.90. The van der Waals surface area contributed by atoms with E-state index >= 15 is 0 Å². The molecule has 2 aliphatic carbocycles. The van der Waals surface area contributed by atoms with E-state index in [0.717, 1.165) is 30.9 Å².